The Morgan fingerprint density at radius 1 is 1.06 bits per heavy atom. The van der Waals surface area contributed by atoms with E-state index in [2.05, 4.69) is 72.2 Å². The van der Waals surface area contributed by atoms with Gasteiger partial charge in [0.1, 0.15) is 0 Å². The molecule has 0 N–H and O–H groups in total. The van der Waals surface area contributed by atoms with Crippen molar-refractivity contribution in [1.82, 2.24) is 4.90 Å². The molecule has 0 unspecified atom stereocenters. The Morgan fingerprint density at radius 2 is 1.89 bits per heavy atom. The van der Waals surface area contributed by atoms with Crippen molar-refractivity contribution in [3.05, 3.63) is 79.0 Å². The molecule has 0 radical (unpaired) electrons. The second-order valence-electron chi connectivity index (χ2n) is 4.38. The molecule has 18 heavy (non-hydrogen) atoms. The van der Waals surface area contributed by atoms with E-state index in [-0.39, 0.29) is 0 Å². The predicted molar refractivity (Wildman–Crippen MR) is 78.0 cm³/mol. The largest absolute Gasteiger partial charge is 0.344 e. The van der Waals surface area contributed by atoms with Gasteiger partial charge in [0.25, 0.3) is 0 Å². The third-order valence-electron chi connectivity index (χ3n) is 3.27. The molecule has 3 rings (SSSR count). The summed E-state index contributed by atoms with van der Waals surface area (Å²) in [5.41, 5.74) is 2.44. The first-order valence-corrected chi connectivity index (χ1v) is 6.14. The van der Waals surface area contributed by atoms with Gasteiger partial charge in [-0.15, -0.1) is 0 Å². The number of benzene rings is 2. The molecule has 0 aromatic heterocycles. The lowest BCUT2D eigenvalue weighted by Crippen LogP contribution is -2.17. The van der Waals surface area contributed by atoms with Gasteiger partial charge in [0.05, 0.1) is 0 Å². The average molecular weight is 233 g/mol. The third-order valence-corrected chi connectivity index (χ3v) is 3.27. The van der Waals surface area contributed by atoms with Crippen LogP contribution in [0.25, 0.3) is 16.5 Å². The van der Waals surface area contributed by atoms with Crippen molar-refractivity contribution in [2.75, 3.05) is 6.54 Å². The zero-order valence-electron chi connectivity index (χ0n) is 10.2. The molecule has 0 amide bonds. The van der Waals surface area contributed by atoms with Crippen LogP contribution < -0.4 is 0 Å². The van der Waals surface area contributed by atoms with Gasteiger partial charge in [0.2, 0.25) is 0 Å². The molecule has 1 nitrogen and oxygen atoms in total. The molecule has 0 aliphatic carbocycles. The molecule has 0 spiro atoms. The van der Waals surface area contributed by atoms with Crippen LogP contribution in [-0.2, 0) is 0 Å². The Balaban J connectivity index is 2.11. The first-order valence-electron chi connectivity index (χ1n) is 6.14. The first-order chi connectivity index (χ1) is 8.88. The van der Waals surface area contributed by atoms with Gasteiger partial charge in [-0.2, -0.15) is 0 Å². The van der Waals surface area contributed by atoms with E-state index in [4.69, 9.17) is 0 Å². The molecule has 88 valence electrons. The van der Waals surface area contributed by atoms with Crippen molar-refractivity contribution >= 4 is 16.5 Å². The fourth-order valence-corrected chi connectivity index (χ4v) is 2.31. The van der Waals surface area contributed by atoms with E-state index in [0.717, 1.165) is 6.54 Å². The molecule has 1 aliphatic rings. The second kappa shape index (κ2) is 4.53. The Bertz CT molecular complexity index is 649. The maximum Gasteiger partial charge on any atom is 0.0482 e. The minimum Gasteiger partial charge on any atom is -0.344 e. The van der Waals surface area contributed by atoms with E-state index in [1.54, 1.807) is 0 Å². The van der Waals surface area contributed by atoms with E-state index < -0.39 is 0 Å². The lowest BCUT2D eigenvalue weighted by molar-refractivity contribution is 0.589. The molecule has 0 saturated carbocycles. The smallest absolute Gasteiger partial charge is 0.0482 e. The van der Waals surface area contributed by atoms with Gasteiger partial charge in [-0.25, -0.2) is 0 Å². The van der Waals surface area contributed by atoms with E-state index in [1.165, 1.54) is 22.0 Å². The Hall–Kier alpha value is -2.28. The van der Waals surface area contributed by atoms with Crippen molar-refractivity contribution in [3.8, 4) is 0 Å². The van der Waals surface area contributed by atoms with E-state index in [1.807, 2.05) is 6.20 Å². The number of hydrogen-bond acceptors (Lipinski definition) is 1. The van der Waals surface area contributed by atoms with E-state index in [9.17, 15) is 0 Å². The summed E-state index contributed by atoms with van der Waals surface area (Å²) in [6.45, 7) is 4.76. The average Bonchev–Trinajstić information content (AvgIpc) is 2.46. The van der Waals surface area contributed by atoms with Crippen LogP contribution in [0.3, 0.4) is 0 Å². The van der Waals surface area contributed by atoms with E-state index >= 15 is 0 Å². The fourth-order valence-electron chi connectivity index (χ4n) is 2.31. The molecule has 0 fully saturated rings. The minimum atomic E-state index is 0.891. The second-order valence-corrected chi connectivity index (χ2v) is 4.38. The normalized spacial score (nSPS) is 14.7. The highest BCUT2D eigenvalue weighted by Crippen LogP contribution is 2.25. The standard InChI is InChI=1S/C17H15N/c1-2-18-12-6-5-9-17(18)16-11-10-14-7-3-4-8-15(14)13-16/h2-11,13H,1,12H2. The third kappa shape index (κ3) is 1.84. The number of allylic oxidation sites excluding steroid dienone is 2. The van der Waals surface area contributed by atoms with Crippen LogP contribution >= 0.6 is 0 Å². The van der Waals surface area contributed by atoms with Crippen molar-refractivity contribution in [1.29, 1.82) is 0 Å². The molecule has 1 aliphatic heterocycles. The van der Waals surface area contributed by atoms with Crippen LogP contribution in [0.4, 0.5) is 0 Å². The maximum absolute atomic E-state index is 3.87. The van der Waals surface area contributed by atoms with Crippen LogP contribution in [0.2, 0.25) is 0 Å². The highest BCUT2D eigenvalue weighted by molar-refractivity contribution is 5.86. The van der Waals surface area contributed by atoms with Crippen molar-refractivity contribution in [2.24, 2.45) is 0 Å². The summed E-state index contributed by atoms with van der Waals surface area (Å²) in [4.78, 5) is 2.16. The Morgan fingerprint density at radius 3 is 2.72 bits per heavy atom. The molecule has 0 bridgehead atoms. The van der Waals surface area contributed by atoms with E-state index in [0.29, 0.717) is 0 Å². The van der Waals surface area contributed by atoms with Gasteiger partial charge < -0.3 is 4.90 Å². The van der Waals surface area contributed by atoms with Crippen LogP contribution in [0, 0.1) is 0 Å². The first kappa shape index (κ1) is 10.8. The summed E-state index contributed by atoms with van der Waals surface area (Å²) >= 11 is 0. The molecular formula is C17H15N. The van der Waals surface area contributed by atoms with Crippen molar-refractivity contribution in [3.63, 3.8) is 0 Å². The number of rotatable bonds is 2. The molecule has 2 aromatic rings. The van der Waals surface area contributed by atoms with Gasteiger partial charge in [0.15, 0.2) is 0 Å². The molecule has 0 saturated heterocycles. The highest BCUT2D eigenvalue weighted by atomic mass is 15.1. The van der Waals surface area contributed by atoms with Gasteiger partial charge in [-0.05, 0) is 34.7 Å². The quantitative estimate of drug-likeness (QED) is 0.751. The van der Waals surface area contributed by atoms with Gasteiger partial charge >= 0.3 is 0 Å². The van der Waals surface area contributed by atoms with Crippen molar-refractivity contribution < 1.29 is 0 Å². The molecule has 2 aromatic carbocycles. The lowest BCUT2D eigenvalue weighted by Gasteiger charge is -2.24. The molecule has 1 heterocycles. The maximum atomic E-state index is 3.87. The fraction of sp³-hybridized carbons (Fsp3) is 0.0588. The SMILES string of the molecule is C=CN1CC=CC=C1c1ccc2ccccc2c1. The zero-order valence-corrected chi connectivity index (χ0v) is 10.2. The summed E-state index contributed by atoms with van der Waals surface area (Å²) in [5.74, 6) is 0. The Labute approximate surface area is 107 Å². The Kier molecular flexibility index (Phi) is 2.73. The van der Waals surface area contributed by atoms with Crippen LogP contribution in [0.5, 0.6) is 0 Å². The van der Waals surface area contributed by atoms with Gasteiger partial charge in [-0.1, -0.05) is 55.1 Å². The topological polar surface area (TPSA) is 3.24 Å². The van der Waals surface area contributed by atoms with Gasteiger partial charge in [-0.3, -0.25) is 0 Å². The van der Waals surface area contributed by atoms with Crippen LogP contribution in [-0.4, -0.2) is 11.4 Å². The molecule has 0 atom stereocenters. The minimum absolute atomic E-state index is 0.891. The van der Waals surface area contributed by atoms with Crippen molar-refractivity contribution in [2.45, 2.75) is 0 Å². The predicted octanol–water partition coefficient (Wildman–Crippen LogP) is 4.20. The van der Waals surface area contributed by atoms with Gasteiger partial charge in [0, 0.05) is 12.2 Å². The molecule has 1 heteroatoms. The summed E-state index contributed by atoms with van der Waals surface area (Å²) in [6, 6.07) is 15.0. The summed E-state index contributed by atoms with van der Waals surface area (Å²) < 4.78 is 0. The lowest BCUT2D eigenvalue weighted by atomic mass is 10.0. The summed E-state index contributed by atoms with van der Waals surface area (Å²) in [5, 5.41) is 2.55. The zero-order chi connectivity index (χ0) is 12.4. The highest BCUT2D eigenvalue weighted by Gasteiger charge is 2.10. The molecular weight excluding hydrogens is 218 g/mol. The number of nitrogens with zero attached hydrogens (tertiary/aromatic N) is 1. The number of hydrogen-bond donors (Lipinski definition) is 0. The monoisotopic (exact) mass is 233 g/mol. The van der Waals surface area contributed by atoms with Crippen LogP contribution in [0.1, 0.15) is 5.56 Å². The van der Waals surface area contributed by atoms with Crippen LogP contribution in [0.15, 0.2) is 73.5 Å². The summed E-state index contributed by atoms with van der Waals surface area (Å²) in [6.07, 6.45) is 8.25. The summed E-state index contributed by atoms with van der Waals surface area (Å²) in [7, 11) is 0. The number of fused-ring (bicyclic) bond motifs is 1.